The van der Waals surface area contributed by atoms with Crippen LogP contribution < -0.4 is 0 Å². The van der Waals surface area contributed by atoms with Crippen molar-refractivity contribution >= 4 is 22.3 Å². The minimum absolute atomic E-state index is 0.527. The van der Waals surface area contributed by atoms with E-state index >= 15 is 26.3 Å². The molecule has 0 spiro atoms. The number of benzene rings is 2. The summed E-state index contributed by atoms with van der Waals surface area (Å²) < 4.78 is 182. The molecule has 4 aromatic rings. The highest BCUT2D eigenvalue weighted by Gasteiger charge is 2.47. The zero-order valence-corrected chi connectivity index (χ0v) is 25.7. The Morgan fingerprint density at radius 2 is 0.722 bits per heavy atom. The van der Waals surface area contributed by atoms with Crippen LogP contribution in [-0.4, -0.2) is 9.97 Å². The molecule has 0 saturated carbocycles. The second kappa shape index (κ2) is 13.3. The van der Waals surface area contributed by atoms with Crippen molar-refractivity contribution in [2.24, 2.45) is 0 Å². The molecule has 0 N–H and O–H groups in total. The first-order valence-electron chi connectivity index (χ1n) is 14.3. The summed E-state index contributed by atoms with van der Waals surface area (Å²) in [7, 11) is 0. The van der Waals surface area contributed by atoms with Gasteiger partial charge in [-0.2, -0.15) is 21.0 Å². The van der Waals surface area contributed by atoms with Gasteiger partial charge in [-0.1, -0.05) is 0 Å². The number of nitriles is 4. The first-order chi connectivity index (χ1) is 25.7. The topological polar surface area (TPSA) is 121 Å². The number of hydrogen-bond donors (Lipinski definition) is 0. The molecule has 0 bridgehead atoms. The fraction of sp³-hybridized carbons (Fsp3) is 0. The van der Waals surface area contributed by atoms with Crippen LogP contribution in [-0.2, 0) is 0 Å². The summed E-state index contributed by atoms with van der Waals surface area (Å²) >= 11 is 0. The number of pyridine rings is 2. The van der Waals surface area contributed by atoms with Crippen LogP contribution in [0.3, 0.4) is 0 Å². The van der Waals surface area contributed by atoms with Crippen molar-refractivity contribution in [2.75, 3.05) is 0 Å². The molecule has 264 valence electrons. The van der Waals surface area contributed by atoms with Gasteiger partial charge in [0.1, 0.15) is 47.3 Å². The third-order valence-electron chi connectivity index (χ3n) is 8.10. The van der Waals surface area contributed by atoms with E-state index in [1.54, 1.807) is 12.1 Å². The summed E-state index contributed by atoms with van der Waals surface area (Å²) in [6.07, 6.45) is 1.67. The highest BCUT2D eigenvalue weighted by Crippen LogP contribution is 2.60. The smallest absolute Gasteiger partial charge is 0.200 e. The van der Waals surface area contributed by atoms with Crippen molar-refractivity contribution in [3.63, 3.8) is 0 Å². The predicted octanol–water partition coefficient (Wildman–Crippen LogP) is 8.95. The van der Waals surface area contributed by atoms with E-state index in [1.807, 2.05) is 0 Å². The van der Waals surface area contributed by atoms with Gasteiger partial charge >= 0.3 is 0 Å². The summed E-state index contributed by atoms with van der Waals surface area (Å²) in [4.78, 5) is 7.29. The van der Waals surface area contributed by atoms with E-state index in [9.17, 15) is 47.4 Å². The summed E-state index contributed by atoms with van der Waals surface area (Å²) in [5.41, 5.74) is -17.3. The van der Waals surface area contributed by atoms with E-state index in [-0.39, 0.29) is 0 Å². The Bertz CT molecular complexity index is 2540. The van der Waals surface area contributed by atoms with Gasteiger partial charge < -0.3 is 0 Å². The van der Waals surface area contributed by atoms with Crippen LogP contribution in [0.15, 0.2) is 70.6 Å². The molecule has 2 aliphatic rings. The van der Waals surface area contributed by atoms with Crippen molar-refractivity contribution in [3.8, 4) is 24.3 Å². The van der Waals surface area contributed by atoms with Crippen LogP contribution in [0.25, 0.3) is 22.3 Å². The van der Waals surface area contributed by atoms with E-state index < -0.39 is 148 Å². The van der Waals surface area contributed by atoms with E-state index in [0.29, 0.717) is 0 Å². The van der Waals surface area contributed by atoms with Gasteiger partial charge in [0.15, 0.2) is 46.5 Å². The number of aromatic nitrogens is 2. The zero-order valence-electron chi connectivity index (χ0n) is 25.7. The van der Waals surface area contributed by atoms with Crippen LogP contribution in [0.1, 0.15) is 33.6 Å². The molecule has 0 saturated heterocycles. The highest BCUT2D eigenvalue weighted by molar-refractivity contribution is 6.14. The monoisotopic (exact) mass is 750 g/mol. The average Bonchev–Trinajstić information content (AvgIpc) is 3.65. The van der Waals surface area contributed by atoms with Gasteiger partial charge in [-0.25, -0.2) is 62.7 Å². The summed E-state index contributed by atoms with van der Waals surface area (Å²) in [5, 5.41) is 39.3. The lowest BCUT2D eigenvalue weighted by atomic mass is 9.86. The van der Waals surface area contributed by atoms with Gasteiger partial charge in [0, 0.05) is 45.8 Å². The molecule has 2 aromatic heterocycles. The van der Waals surface area contributed by atoms with Gasteiger partial charge in [-0.05, 0) is 35.4 Å². The highest BCUT2D eigenvalue weighted by atomic mass is 19.2. The standard InChI is InChI=1S/C36H6F12N6/c37-25-17(11-1-3-53-13(5-11)7-49)19(15(9-51)21-27(39)31(43)35(47)32(44)28(21)40)23-24(25)20(18(26(23)38)12-2-4-54-14(6-12)8-50)16(10-52)22-29(41)33(45)36(48)34(46)30(22)42/h1-6H/b19-15-,20-16-. The fourth-order valence-electron chi connectivity index (χ4n) is 5.87. The molecule has 6 nitrogen and oxygen atoms in total. The number of halogens is 12. The Morgan fingerprint density at radius 3 is 1.00 bits per heavy atom. The number of rotatable bonds is 4. The maximum Gasteiger partial charge on any atom is 0.200 e. The van der Waals surface area contributed by atoms with Gasteiger partial charge in [-0.3, -0.25) is 0 Å². The first-order valence-corrected chi connectivity index (χ1v) is 14.3. The zero-order chi connectivity index (χ0) is 39.5. The number of allylic oxidation sites excluding steroid dienone is 10. The lowest BCUT2D eigenvalue weighted by Gasteiger charge is -2.17. The molecule has 0 unspecified atom stereocenters. The third kappa shape index (κ3) is 5.12. The number of hydrogen-bond acceptors (Lipinski definition) is 6. The van der Waals surface area contributed by atoms with E-state index in [0.717, 1.165) is 48.8 Å². The molecule has 0 fully saturated rings. The Morgan fingerprint density at radius 1 is 0.426 bits per heavy atom. The number of nitrogens with zero attached hydrogens (tertiary/aromatic N) is 6. The molecule has 18 heteroatoms. The van der Waals surface area contributed by atoms with Crippen molar-refractivity contribution in [2.45, 2.75) is 0 Å². The molecular weight excluding hydrogens is 744 g/mol. The minimum atomic E-state index is -2.69. The maximum atomic E-state index is 17.2. The molecule has 6 rings (SSSR count). The van der Waals surface area contributed by atoms with Crippen molar-refractivity contribution < 1.29 is 52.7 Å². The molecule has 0 amide bonds. The van der Waals surface area contributed by atoms with Crippen LogP contribution in [0, 0.1) is 103 Å². The van der Waals surface area contributed by atoms with Gasteiger partial charge in [0.25, 0.3) is 0 Å². The Labute approximate surface area is 292 Å². The molecule has 2 aromatic carbocycles. The normalized spacial score (nSPS) is 15.6. The molecule has 2 aliphatic carbocycles. The van der Waals surface area contributed by atoms with Gasteiger partial charge in [0.2, 0.25) is 11.6 Å². The van der Waals surface area contributed by atoms with Crippen molar-refractivity contribution in [3.05, 3.63) is 162 Å². The molecular formula is C36H6F12N6. The van der Waals surface area contributed by atoms with Crippen molar-refractivity contribution in [1.29, 1.82) is 21.0 Å². The van der Waals surface area contributed by atoms with Gasteiger partial charge in [-0.15, -0.1) is 0 Å². The van der Waals surface area contributed by atoms with Crippen molar-refractivity contribution in [1.82, 2.24) is 9.97 Å². The second-order valence-corrected chi connectivity index (χ2v) is 10.8. The quantitative estimate of drug-likeness (QED) is 0.0889. The lowest BCUT2D eigenvalue weighted by molar-refractivity contribution is 0.376. The molecule has 54 heavy (non-hydrogen) atoms. The Kier molecular flexibility index (Phi) is 8.94. The Balaban J connectivity index is 1.91. The van der Waals surface area contributed by atoms with E-state index in [2.05, 4.69) is 9.97 Å². The van der Waals surface area contributed by atoms with E-state index in [1.165, 1.54) is 0 Å². The van der Waals surface area contributed by atoms with Crippen LogP contribution in [0.4, 0.5) is 52.7 Å². The summed E-state index contributed by atoms with van der Waals surface area (Å²) in [5.74, 6) is -30.2. The molecule has 0 aliphatic heterocycles. The second-order valence-electron chi connectivity index (χ2n) is 10.8. The Hall–Kier alpha value is -7.44. The maximum absolute atomic E-state index is 17.2. The summed E-state index contributed by atoms with van der Waals surface area (Å²) in [6, 6.07) is 8.65. The first kappa shape index (κ1) is 36.4. The van der Waals surface area contributed by atoms with Crippen LogP contribution in [0.2, 0.25) is 0 Å². The molecule has 0 atom stereocenters. The third-order valence-corrected chi connectivity index (χ3v) is 8.10. The molecule has 0 radical (unpaired) electrons. The van der Waals surface area contributed by atoms with Crippen LogP contribution in [0.5, 0.6) is 0 Å². The minimum Gasteiger partial charge on any atom is -0.246 e. The predicted molar refractivity (Wildman–Crippen MR) is 159 cm³/mol. The fourth-order valence-corrected chi connectivity index (χ4v) is 5.87. The summed E-state index contributed by atoms with van der Waals surface area (Å²) in [6.45, 7) is 0. The SMILES string of the molecule is N#C/C(=C1C2=C(C(F)=C/1c1ccnc(C#N)c1)/C(=C(/C#N)c1c(F)c(F)c(F)c(F)c1F)C(c1ccnc(C#N)c1)=C2F)c1c(F)c(F)c(F)c(F)c1F. The average molecular weight is 750 g/mol. The molecule has 2 heterocycles. The van der Waals surface area contributed by atoms with Crippen LogP contribution >= 0.6 is 0 Å². The largest absolute Gasteiger partial charge is 0.246 e. The van der Waals surface area contributed by atoms with E-state index in [4.69, 9.17) is 0 Å². The lowest BCUT2D eigenvalue weighted by Crippen LogP contribution is -2.09. The van der Waals surface area contributed by atoms with Gasteiger partial charge in [0.05, 0.1) is 22.3 Å².